The smallest absolute Gasteiger partial charge is 0.251 e. The van der Waals surface area contributed by atoms with Gasteiger partial charge >= 0.3 is 0 Å². The molecule has 1 unspecified atom stereocenters. The Hall–Kier alpha value is -3.07. The minimum Gasteiger partial charge on any atom is -0.371 e. The van der Waals surface area contributed by atoms with Crippen molar-refractivity contribution in [2.24, 2.45) is 0 Å². The molecule has 2 N–H and O–H groups in total. The number of fused-ring (bicyclic) bond motifs is 1. The number of rotatable bonds is 8. The molecule has 9 heteroatoms. The van der Waals surface area contributed by atoms with Crippen LogP contribution in [0.4, 0.5) is 17.1 Å². The summed E-state index contributed by atoms with van der Waals surface area (Å²) in [5, 5.41) is 5.82. The number of nitrogens with one attached hydrogen (secondary N) is 2. The number of sulfonamides is 1. The third-order valence-electron chi connectivity index (χ3n) is 6.38. The summed E-state index contributed by atoms with van der Waals surface area (Å²) >= 11 is 0. The third-order valence-corrected chi connectivity index (χ3v) is 7.56. The predicted octanol–water partition coefficient (Wildman–Crippen LogP) is 3.15. The topological polar surface area (TPSA) is 98.8 Å². The summed E-state index contributed by atoms with van der Waals surface area (Å²) in [4.78, 5) is 28.3. The summed E-state index contributed by atoms with van der Waals surface area (Å²) in [6, 6.07) is 12.1. The Morgan fingerprint density at radius 3 is 2.53 bits per heavy atom. The molecule has 0 aliphatic carbocycles. The van der Waals surface area contributed by atoms with E-state index in [0.29, 0.717) is 36.3 Å². The quantitative estimate of drug-likeness (QED) is 0.600. The number of carbonyl (C=O) groups excluding carboxylic acids is 2. The first-order valence-electron chi connectivity index (χ1n) is 11.8. The minimum atomic E-state index is -3.35. The highest BCUT2D eigenvalue weighted by molar-refractivity contribution is 7.92. The molecule has 8 nitrogen and oxygen atoms in total. The Kier molecular flexibility index (Phi) is 7.11. The van der Waals surface area contributed by atoms with Crippen molar-refractivity contribution < 1.29 is 18.0 Å². The molecule has 2 aromatic carbocycles. The lowest BCUT2D eigenvalue weighted by molar-refractivity contribution is -0.118. The largest absolute Gasteiger partial charge is 0.371 e. The van der Waals surface area contributed by atoms with Crippen molar-refractivity contribution >= 4 is 38.9 Å². The van der Waals surface area contributed by atoms with E-state index in [1.807, 2.05) is 31.2 Å². The van der Waals surface area contributed by atoms with Gasteiger partial charge in [-0.25, -0.2) is 8.42 Å². The summed E-state index contributed by atoms with van der Waals surface area (Å²) < 4.78 is 25.3. The van der Waals surface area contributed by atoms with Gasteiger partial charge in [-0.2, -0.15) is 0 Å². The number of carbonyl (C=O) groups is 2. The number of hydrogen-bond donors (Lipinski definition) is 2. The molecule has 0 saturated carbocycles. The van der Waals surface area contributed by atoms with Crippen molar-refractivity contribution in [1.82, 2.24) is 5.32 Å². The van der Waals surface area contributed by atoms with Gasteiger partial charge in [0, 0.05) is 36.6 Å². The second-order valence-corrected chi connectivity index (χ2v) is 10.9. The molecular weight excluding hydrogens is 452 g/mol. The van der Waals surface area contributed by atoms with E-state index in [9.17, 15) is 18.0 Å². The van der Waals surface area contributed by atoms with Crippen molar-refractivity contribution in [3.8, 4) is 0 Å². The van der Waals surface area contributed by atoms with Crippen LogP contribution in [-0.4, -0.2) is 52.2 Å². The molecule has 2 heterocycles. The molecule has 0 bridgehead atoms. The summed E-state index contributed by atoms with van der Waals surface area (Å²) in [5.41, 5.74) is 3.64. The maximum atomic E-state index is 13.0. The van der Waals surface area contributed by atoms with Crippen LogP contribution in [0.2, 0.25) is 0 Å². The molecule has 1 atom stereocenters. The Morgan fingerprint density at radius 1 is 1.06 bits per heavy atom. The molecule has 1 saturated heterocycles. The molecular formula is C25H32N4O4S. The van der Waals surface area contributed by atoms with Crippen molar-refractivity contribution in [2.75, 3.05) is 40.4 Å². The van der Waals surface area contributed by atoms with Crippen molar-refractivity contribution in [2.45, 2.75) is 45.1 Å². The number of anilines is 3. The van der Waals surface area contributed by atoms with Crippen LogP contribution in [0.5, 0.6) is 0 Å². The molecule has 2 aliphatic rings. The van der Waals surface area contributed by atoms with E-state index in [1.54, 1.807) is 18.2 Å². The standard InChI is InChI=1S/C25H32N4O4S/c1-3-7-22(25(31)26-20-8-6-9-21(17-20)28-13-4-5-14-28)27-24(30)19-10-11-23-18(16-19)12-15-29(23)34(2,32)33/h6,8-11,16-17,22H,3-5,7,12-15H2,1-2H3,(H,26,31)(H,27,30). The molecule has 2 aliphatic heterocycles. The Morgan fingerprint density at radius 2 is 1.82 bits per heavy atom. The van der Waals surface area contributed by atoms with Crippen LogP contribution in [0, 0.1) is 0 Å². The van der Waals surface area contributed by atoms with Crippen molar-refractivity contribution in [1.29, 1.82) is 0 Å². The normalized spacial score (nSPS) is 16.3. The highest BCUT2D eigenvalue weighted by Crippen LogP contribution is 2.30. The Balaban J connectivity index is 1.44. The van der Waals surface area contributed by atoms with Gasteiger partial charge in [0.05, 0.1) is 11.9 Å². The summed E-state index contributed by atoms with van der Waals surface area (Å²) in [6.45, 7) is 4.38. The summed E-state index contributed by atoms with van der Waals surface area (Å²) in [5.74, 6) is -0.599. The van der Waals surface area contributed by atoms with Gasteiger partial charge in [0.2, 0.25) is 15.9 Å². The zero-order valence-electron chi connectivity index (χ0n) is 19.7. The van der Waals surface area contributed by atoms with Gasteiger partial charge in [0.25, 0.3) is 5.91 Å². The minimum absolute atomic E-state index is 0.252. The fourth-order valence-corrected chi connectivity index (χ4v) is 5.60. The average molecular weight is 485 g/mol. The van der Waals surface area contributed by atoms with Crippen LogP contribution in [0.3, 0.4) is 0 Å². The summed E-state index contributed by atoms with van der Waals surface area (Å²) in [6.07, 6.45) is 5.33. The first-order chi connectivity index (χ1) is 16.3. The first kappa shape index (κ1) is 24.1. The Bertz CT molecular complexity index is 1180. The fraction of sp³-hybridized carbons (Fsp3) is 0.440. The second-order valence-electron chi connectivity index (χ2n) is 8.98. The zero-order valence-corrected chi connectivity index (χ0v) is 20.5. The molecule has 0 radical (unpaired) electrons. The van der Waals surface area contributed by atoms with Crippen LogP contribution >= 0.6 is 0 Å². The number of nitrogens with zero attached hydrogens (tertiary/aromatic N) is 2. The van der Waals surface area contributed by atoms with Gasteiger partial charge in [-0.05, 0) is 67.6 Å². The third kappa shape index (κ3) is 5.35. The molecule has 182 valence electrons. The lowest BCUT2D eigenvalue weighted by Gasteiger charge is -2.21. The predicted molar refractivity (Wildman–Crippen MR) is 135 cm³/mol. The van der Waals surface area contributed by atoms with E-state index in [0.717, 1.165) is 30.8 Å². The van der Waals surface area contributed by atoms with Crippen LogP contribution < -0.4 is 19.8 Å². The van der Waals surface area contributed by atoms with E-state index < -0.39 is 16.1 Å². The Labute approximate surface area is 201 Å². The van der Waals surface area contributed by atoms with E-state index in [4.69, 9.17) is 0 Å². The maximum absolute atomic E-state index is 13.0. The van der Waals surface area contributed by atoms with E-state index in [2.05, 4.69) is 15.5 Å². The maximum Gasteiger partial charge on any atom is 0.251 e. The molecule has 34 heavy (non-hydrogen) atoms. The first-order valence-corrected chi connectivity index (χ1v) is 13.7. The van der Waals surface area contributed by atoms with Gasteiger partial charge in [-0.1, -0.05) is 19.4 Å². The number of benzene rings is 2. The zero-order chi connectivity index (χ0) is 24.3. The van der Waals surface area contributed by atoms with Gasteiger partial charge in [0.15, 0.2) is 0 Å². The van der Waals surface area contributed by atoms with E-state index >= 15 is 0 Å². The second kappa shape index (κ2) is 10.0. The lowest BCUT2D eigenvalue weighted by atomic mass is 10.1. The van der Waals surface area contributed by atoms with Crippen molar-refractivity contribution in [3.63, 3.8) is 0 Å². The number of hydrogen-bond acceptors (Lipinski definition) is 5. The SMILES string of the molecule is CCCC(NC(=O)c1ccc2c(c1)CCN2S(C)(=O)=O)C(=O)Nc1cccc(N2CCCC2)c1. The molecule has 0 aromatic heterocycles. The molecule has 2 amide bonds. The van der Waals surface area contributed by atoms with Crippen LogP contribution in [0.15, 0.2) is 42.5 Å². The molecule has 4 rings (SSSR count). The van der Waals surface area contributed by atoms with Gasteiger partial charge in [-0.3, -0.25) is 13.9 Å². The van der Waals surface area contributed by atoms with Gasteiger partial charge in [-0.15, -0.1) is 0 Å². The van der Waals surface area contributed by atoms with E-state index in [1.165, 1.54) is 23.4 Å². The fourth-order valence-electron chi connectivity index (χ4n) is 4.64. The van der Waals surface area contributed by atoms with Crippen LogP contribution in [0.1, 0.15) is 48.5 Å². The highest BCUT2D eigenvalue weighted by atomic mass is 32.2. The lowest BCUT2D eigenvalue weighted by Crippen LogP contribution is -2.43. The van der Waals surface area contributed by atoms with E-state index in [-0.39, 0.29) is 11.8 Å². The molecule has 2 aromatic rings. The molecule has 1 fully saturated rings. The van der Waals surface area contributed by atoms with Crippen molar-refractivity contribution in [3.05, 3.63) is 53.6 Å². The summed E-state index contributed by atoms with van der Waals surface area (Å²) in [7, 11) is -3.35. The monoisotopic (exact) mass is 484 g/mol. The highest BCUT2D eigenvalue weighted by Gasteiger charge is 2.28. The van der Waals surface area contributed by atoms with Gasteiger partial charge in [0.1, 0.15) is 6.04 Å². The average Bonchev–Trinajstić information content (AvgIpc) is 3.48. The van der Waals surface area contributed by atoms with Crippen LogP contribution in [-0.2, 0) is 21.2 Å². The number of amides is 2. The molecule has 0 spiro atoms. The van der Waals surface area contributed by atoms with Gasteiger partial charge < -0.3 is 15.5 Å². The van der Waals surface area contributed by atoms with Crippen LogP contribution in [0.25, 0.3) is 0 Å².